The van der Waals surface area contributed by atoms with E-state index in [0.717, 1.165) is 32.1 Å². The van der Waals surface area contributed by atoms with Crippen molar-refractivity contribution in [2.45, 2.75) is 13.1 Å². The van der Waals surface area contributed by atoms with Gasteiger partial charge in [0.15, 0.2) is 5.76 Å². The van der Waals surface area contributed by atoms with Gasteiger partial charge in [-0.3, -0.25) is 4.90 Å². The summed E-state index contributed by atoms with van der Waals surface area (Å²) in [5, 5.41) is 13.5. The van der Waals surface area contributed by atoms with Crippen molar-refractivity contribution in [1.82, 2.24) is 19.7 Å². The topological polar surface area (TPSA) is 76.5 Å². The van der Waals surface area contributed by atoms with E-state index in [1.807, 2.05) is 12.1 Å². The van der Waals surface area contributed by atoms with Crippen LogP contribution in [0.3, 0.4) is 0 Å². The van der Waals surface area contributed by atoms with E-state index >= 15 is 0 Å². The monoisotopic (exact) mass is 278 g/mol. The molecule has 0 unspecified atom stereocenters. The molecular weight excluding hydrogens is 260 g/mol. The zero-order valence-corrected chi connectivity index (χ0v) is 11.2. The van der Waals surface area contributed by atoms with Crippen LogP contribution in [0.15, 0.2) is 22.8 Å². The molecule has 0 bridgehead atoms. The molecule has 7 heteroatoms. The van der Waals surface area contributed by atoms with Gasteiger partial charge >= 0.3 is 0 Å². The standard InChI is InChI=1S/C13H18N4O3/c18-6-3-17-12(10-16-4-8-19-9-5-16)14-13(15-17)11-2-1-7-20-11/h1-2,7,18H,3-6,8-10H2. The number of aliphatic hydroxyl groups excluding tert-OH is 1. The fraction of sp³-hybridized carbons (Fsp3) is 0.538. The maximum absolute atomic E-state index is 9.14. The number of aromatic nitrogens is 3. The minimum absolute atomic E-state index is 0.0388. The Hall–Kier alpha value is -1.70. The summed E-state index contributed by atoms with van der Waals surface area (Å²) in [7, 11) is 0. The molecule has 0 spiro atoms. The number of hydrogen-bond donors (Lipinski definition) is 1. The summed E-state index contributed by atoms with van der Waals surface area (Å²) in [5.41, 5.74) is 0. The molecule has 0 aliphatic carbocycles. The van der Waals surface area contributed by atoms with Crippen LogP contribution in [0.4, 0.5) is 0 Å². The second kappa shape index (κ2) is 6.17. The van der Waals surface area contributed by atoms with Crippen LogP contribution in [0.25, 0.3) is 11.6 Å². The van der Waals surface area contributed by atoms with Crippen LogP contribution >= 0.6 is 0 Å². The van der Waals surface area contributed by atoms with Crippen LogP contribution < -0.4 is 0 Å². The molecule has 20 heavy (non-hydrogen) atoms. The highest BCUT2D eigenvalue weighted by molar-refractivity contribution is 5.45. The van der Waals surface area contributed by atoms with Gasteiger partial charge in [-0.1, -0.05) is 0 Å². The second-order valence-corrected chi connectivity index (χ2v) is 4.66. The van der Waals surface area contributed by atoms with Gasteiger partial charge in [0.25, 0.3) is 0 Å². The van der Waals surface area contributed by atoms with Crippen molar-refractivity contribution in [3.8, 4) is 11.6 Å². The number of morpholine rings is 1. The second-order valence-electron chi connectivity index (χ2n) is 4.66. The molecule has 2 aromatic heterocycles. The molecule has 0 saturated carbocycles. The predicted molar refractivity (Wildman–Crippen MR) is 70.9 cm³/mol. The Kier molecular flexibility index (Phi) is 4.10. The van der Waals surface area contributed by atoms with Crippen LogP contribution in [0.5, 0.6) is 0 Å². The number of nitrogens with zero attached hydrogens (tertiary/aromatic N) is 4. The van der Waals surface area contributed by atoms with Crippen molar-refractivity contribution in [2.24, 2.45) is 0 Å². The lowest BCUT2D eigenvalue weighted by atomic mass is 10.4. The van der Waals surface area contributed by atoms with E-state index in [9.17, 15) is 0 Å². The highest BCUT2D eigenvalue weighted by Crippen LogP contribution is 2.17. The van der Waals surface area contributed by atoms with Crippen molar-refractivity contribution in [3.05, 3.63) is 24.2 Å². The SMILES string of the molecule is OCCn1nc(-c2ccco2)nc1CN1CCOCC1. The van der Waals surface area contributed by atoms with Gasteiger partial charge in [-0.2, -0.15) is 0 Å². The van der Waals surface area contributed by atoms with E-state index in [2.05, 4.69) is 15.0 Å². The molecular formula is C13H18N4O3. The Morgan fingerprint density at radius 1 is 1.30 bits per heavy atom. The minimum Gasteiger partial charge on any atom is -0.461 e. The largest absolute Gasteiger partial charge is 0.461 e. The summed E-state index contributed by atoms with van der Waals surface area (Å²) < 4.78 is 12.4. The van der Waals surface area contributed by atoms with E-state index in [4.69, 9.17) is 14.3 Å². The zero-order valence-electron chi connectivity index (χ0n) is 11.2. The molecule has 3 rings (SSSR count). The maximum Gasteiger partial charge on any atom is 0.217 e. The lowest BCUT2D eigenvalue weighted by Gasteiger charge is -2.25. The first-order chi connectivity index (χ1) is 9.86. The quantitative estimate of drug-likeness (QED) is 0.851. The van der Waals surface area contributed by atoms with Gasteiger partial charge < -0.3 is 14.3 Å². The van der Waals surface area contributed by atoms with E-state index in [-0.39, 0.29) is 6.61 Å². The lowest BCUT2D eigenvalue weighted by Crippen LogP contribution is -2.36. The minimum atomic E-state index is 0.0388. The first kappa shape index (κ1) is 13.3. The molecule has 2 aromatic rings. The first-order valence-corrected chi connectivity index (χ1v) is 6.75. The van der Waals surface area contributed by atoms with Crippen molar-refractivity contribution < 1.29 is 14.3 Å². The fourth-order valence-corrected chi connectivity index (χ4v) is 2.23. The zero-order chi connectivity index (χ0) is 13.8. The highest BCUT2D eigenvalue weighted by Gasteiger charge is 2.17. The van der Waals surface area contributed by atoms with Crippen LogP contribution in [0.1, 0.15) is 5.82 Å². The van der Waals surface area contributed by atoms with Gasteiger partial charge in [0.05, 0.1) is 39.2 Å². The summed E-state index contributed by atoms with van der Waals surface area (Å²) in [6.45, 7) is 4.46. The molecule has 1 fully saturated rings. The molecule has 7 nitrogen and oxygen atoms in total. The van der Waals surface area contributed by atoms with Crippen LogP contribution in [-0.4, -0.2) is 57.7 Å². The summed E-state index contributed by atoms with van der Waals surface area (Å²) in [6, 6.07) is 3.64. The first-order valence-electron chi connectivity index (χ1n) is 6.75. The highest BCUT2D eigenvalue weighted by atomic mass is 16.5. The molecule has 3 heterocycles. The van der Waals surface area contributed by atoms with E-state index < -0.39 is 0 Å². The number of hydrogen-bond acceptors (Lipinski definition) is 6. The third-order valence-electron chi connectivity index (χ3n) is 3.27. The summed E-state index contributed by atoms with van der Waals surface area (Å²) in [5.74, 6) is 2.05. The number of rotatable bonds is 5. The lowest BCUT2D eigenvalue weighted by molar-refractivity contribution is 0.0323. The predicted octanol–water partition coefficient (Wildman–Crippen LogP) is 0.363. The number of furan rings is 1. The summed E-state index contributed by atoms with van der Waals surface area (Å²) in [6.07, 6.45) is 1.60. The normalized spacial score (nSPS) is 16.6. The molecule has 108 valence electrons. The average Bonchev–Trinajstić information content (AvgIpc) is 3.11. The van der Waals surface area contributed by atoms with Gasteiger partial charge in [0.1, 0.15) is 5.82 Å². The Morgan fingerprint density at radius 2 is 2.15 bits per heavy atom. The van der Waals surface area contributed by atoms with Crippen LogP contribution in [0.2, 0.25) is 0 Å². The van der Waals surface area contributed by atoms with E-state index in [1.165, 1.54) is 0 Å². The Balaban J connectivity index is 1.80. The molecule has 1 N–H and O–H groups in total. The summed E-state index contributed by atoms with van der Waals surface area (Å²) in [4.78, 5) is 6.80. The molecule has 1 aliphatic rings. The van der Waals surface area contributed by atoms with Gasteiger partial charge in [0.2, 0.25) is 5.82 Å². The molecule has 0 atom stereocenters. The molecule has 0 amide bonds. The molecule has 1 aliphatic heterocycles. The molecule has 0 radical (unpaired) electrons. The molecule has 0 aromatic carbocycles. The Bertz CT molecular complexity index is 532. The van der Waals surface area contributed by atoms with Crippen molar-refractivity contribution >= 4 is 0 Å². The van der Waals surface area contributed by atoms with Gasteiger partial charge in [-0.15, -0.1) is 5.10 Å². The number of ether oxygens (including phenoxy) is 1. The maximum atomic E-state index is 9.14. The van der Waals surface area contributed by atoms with Crippen molar-refractivity contribution in [2.75, 3.05) is 32.9 Å². The van der Waals surface area contributed by atoms with Crippen LogP contribution in [0, 0.1) is 0 Å². The van der Waals surface area contributed by atoms with Gasteiger partial charge in [0, 0.05) is 13.1 Å². The number of aliphatic hydroxyl groups is 1. The fourth-order valence-electron chi connectivity index (χ4n) is 2.23. The van der Waals surface area contributed by atoms with Gasteiger partial charge in [-0.25, -0.2) is 9.67 Å². The molecule has 1 saturated heterocycles. The smallest absolute Gasteiger partial charge is 0.217 e. The van der Waals surface area contributed by atoms with Crippen LogP contribution in [-0.2, 0) is 17.8 Å². The third-order valence-corrected chi connectivity index (χ3v) is 3.27. The van der Waals surface area contributed by atoms with Crippen molar-refractivity contribution in [1.29, 1.82) is 0 Å². The van der Waals surface area contributed by atoms with E-state index in [0.29, 0.717) is 24.7 Å². The summed E-state index contributed by atoms with van der Waals surface area (Å²) >= 11 is 0. The van der Waals surface area contributed by atoms with Crippen molar-refractivity contribution in [3.63, 3.8) is 0 Å². The van der Waals surface area contributed by atoms with Gasteiger partial charge in [-0.05, 0) is 12.1 Å². The average molecular weight is 278 g/mol. The van der Waals surface area contributed by atoms with E-state index in [1.54, 1.807) is 10.9 Å². The Labute approximate surface area is 116 Å². The Morgan fingerprint density at radius 3 is 2.85 bits per heavy atom. The third kappa shape index (κ3) is 2.90.